The van der Waals surface area contributed by atoms with E-state index in [0.29, 0.717) is 5.02 Å². The predicted octanol–water partition coefficient (Wildman–Crippen LogP) is 1.82. The molecule has 2 rings (SSSR count). The van der Waals surface area contributed by atoms with Crippen molar-refractivity contribution in [2.45, 2.75) is 19.4 Å². The van der Waals surface area contributed by atoms with Crippen molar-refractivity contribution >= 4 is 29.1 Å². The van der Waals surface area contributed by atoms with Crippen LogP contribution in [-0.4, -0.2) is 29.8 Å². The Kier molecular flexibility index (Phi) is 3.07. The molecule has 1 aliphatic heterocycles. The maximum atomic E-state index is 11.7. The van der Waals surface area contributed by atoms with E-state index in [2.05, 4.69) is 5.32 Å². The minimum Gasteiger partial charge on any atom is -0.372 e. The van der Waals surface area contributed by atoms with Crippen LogP contribution < -0.4 is 5.32 Å². The molecule has 0 aliphatic carbocycles. The monoisotopic (exact) mass is 252 g/mol. The fourth-order valence-electron chi connectivity index (χ4n) is 1.86. The molecule has 1 unspecified atom stereocenters. The summed E-state index contributed by atoms with van der Waals surface area (Å²) in [4.78, 5) is 24.3. The van der Waals surface area contributed by atoms with Gasteiger partial charge in [0.25, 0.3) is 5.91 Å². The number of carbonyl (C=O) groups is 2. The Morgan fingerprint density at radius 1 is 1.41 bits per heavy atom. The largest absolute Gasteiger partial charge is 0.372 e. The van der Waals surface area contributed by atoms with E-state index < -0.39 is 6.04 Å². The number of nitrogens with zero attached hydrogens (tertiary/aromatic N) is 1. The molecule has 17 heavy (non-hydrogen) atoms. The van der Waals surface area contributed by atoms with Gasteiger partial charge in [-0.1, -0.05) is 23.7 Å². The number of hydrogen-bond acceptors (Lipinski definition) is 3. The number of benzene rings is 1. The lowest BCUT2D eigenvalue weighted by molar-refractivity contribution is -0.136. The van der Waals surface area contributed by atoms with Crippen LogP contribution in [0, 0.1) is 6.92 Å². The van der Waals surface area contributed by atoms with Gasteiger partial charge >= 0.3 is 0 Å². The third-order valence-electron chi connectivity index (χ3n) is 2.92. The Morgan fingerprint density at radius 3 is 2.65 bits per heavy atom. The van der Waals surface area contributed by atoms with Crippen LogP contribution in [0.5, 0.6) is 0 Å². The second-order valence-corrected chi connectivity index (χ2v) is 4.53. The number of anilines is 1. The quantitative estimate of drug-likeness (QED) is 0.817. The van der Waals surface area contributed by atoms with Crippen molar-refractivity contribution in [3.63, 3.8) is 0 Å². The van der Waals surface area contributed by atoms with Crippen molar-refractivity contribution in [3.05, 3.63) is 28.8 Å². The van der Waals surface area contributed by atoms with Crippen LogP contribution in [0.2, 0.25) is 5.02 Å². The third kappa shape index (κ3) is 2.13. The Balaban J connectivity index is 2.23. The second kappa shape index (κ2) is 4.37. The van der Waals surface area contributed by atoms with Gasteiger partial charge in [0, 0.05) is 7.05 Å². The molecule has 0 saturated carbocycles. The molecular weight excluding hydrogens is 240 g/mol. The van der Waals surface area contributed by atoms with Gasteiger partial charge in [-0.05, 0) is 18.6 Å². The van der Waals surface area contributed by atoms with Gasteiger partial charge in [0.2, 0.25) is 5.91 Å². The zero-order valence-corrected chi connectivity index (χ0v) is 10.4. The zero-order chi connectivity index (χ0) is 12.6. The van der Waals surface area contributed by atoms with E-state index in [9.17, 15) is 9.59 Å². The van der Waals surface area contributed by atoms with Gasteiger partial charge in [-0.25, -0.2) is 0 Å². The summed E-state index contributed by atoms with van der Waals surface area (Å²) in [7, 11) is 1.49. The number of rotatable bonds is 2. The van der Waals surface area contributed by atoms with E-state index in [1.807, 2.05) is 19.1 Å². The molecule has 0 bridgehead atoms. The summed E-state index contributed by atoms with van der Waals surface area (Å²) in [5.74, 6) is -0.383. The van der Waals surface area contributed by atoms with Crippen LogP contribution in [0.15, 0.2) is 18.2 Å². The topological polar surface area (TPSA) is 49.4 Å². The minimum absolute atomic E-state index is 0.169. The highest BCUT2D eigenvalue weighted by Crippen LogP contribution is 2.27. The Bertz CT molecular complexity index is 467. The van der Waals surface area contributed by atoms with Crippen molar-refractivity contribution < 1.29 is 9.59 Å². The molecule has 1 N–H and O–H groups in total. The second-order valence-electron chi connectivity index (χ2n) is 4.12. The Hall–Kier alpha value is -1.55. The molecule has 1 aliphatic rings. The van der Waals surface area contributed by atoms with Gasteiger partial charge in [-0.15, -0.1) is 0 Å². The minimum atomic E-state index is -0.508. The number of nitrogens with one attached hydrogen (secondary N) is 1. The van der Waals surface area contributed by atoms with Crippen molar-refractivity contribution in [3.8, 4) is 0 Å². The van der Waals surface area contributed by atoms with Crippen LogP contribution in [0.1, 0.15) is 12.0 Å². The van der Waals surface area contributed by atoms with E-state index in [-0.39, 0.29) is 18.2 Å². The smallest absolute Gasteiger partial charge is 0.251 e. The molecule has 1 heterocycles. The molecule has 1 aromatic carbocycles. The molecule has 0 radical (unpaired) electrons. The SMILES string of the molecule is Cc1cccc(Cl)c1NC1CC(=O)N(C)C1=O. The van der Waals surface area contributed by atoms with Crippen LogP contribution in [0.3, 0.4) is 0 Å². The standard InChI is InChI=1S/C12H13ClN2O2/c1-7-4-3-5-8(13)11(7)14-9-6-10(16)15(2)12(9)17/h3-5,9,14H,6H2,1-2H3. The van der Waals surface area contributed by atoms with Gasteiger partial charge in [-0.3, -0.25) is 14.5 Å². The van der Waals surface area contributed by atoms with E-state index >= 15 is 0 Å². The molecule has 4 nitrogen and oxygen atoms in total. The van der Waals surface area contributed by atoms with Crippen molar-refractivity contribution in [2.24, 2.45) is 0 Å². The summed E-state index contributed by atoms with van der Waals surface area (Å²) in [6, 6.07) is 4.99. The summed E-state index contributed by atoms with van der Waals surface area (Å²) in [6.45, 7) is 1.90. The zero-order valence-electron chi connectivity index (χ0n) is 9.66. The maximum Gasteiger partial charge on any atom is 0.251 e. The average molecular weight is 253 g/mol. The lowest BCUT2D eigenvalue weighted by Crippen LogP contribution is -2.32. The average Bonchev–Trinajstić information content (AvgIpc) is 2.52. The van der Waals surface area contributed by atoms with Crippen molar-refractivity contribution in [2.75, 3.05) is 12.4 Å². The maximum absolute atomic E-state index is 11.7. The highest BCUT2D eigenvalue weighted by molar-refractivity contribution is 6.33. The number of imide groups is 1. The lowest BCUT2D eigenvalue weighted by Gasteiger charge is -2.15. The first-order chi connectivity index (χ1) is 8.00. The molecule has 1 atom stereocenters. The molecule has 1 saturated heterocycles. The molecule has 2 amide bonds. The molecule has 1 aromatic rings. The summed E-state index contributed by atoms with van der Waals surface area (Å²) in [5.41, 5.74) is 1.67. The van der Waals surface area contributed by atoms with Crippen molar-refractivity contribution in [1.29, 1.82) is 0 Å². The molecule has 0 aromatic heterocycles. The number of amides is 2. The van der Waals surface area contributed by atoms with E-state index in [1.165, 1.54) is 7.05 Å². The van der Waals surface area contributed by atoms with Crippen LogP contribution in [0.25, 0.3) is 0 Å². The number of likely N-dealkylation sites (tertiary alicyclic amines) is 1. The fourth-order valence-corrected chi connectivity index (χ4v) is 2.13. The first-order valence-corrected chi connectivity index (χ1v) is 5.70. The van der Waals surface area contributed by atoms with Gasteiger partial charge in [0.05, 0.1) is 17.1 Å². The van der Waals surface area contributed by atoms with Crippen LogP contribution in [-0.2, 0) is 9.59 Å². The van der Waals surface area contributed by atoms with Gasteiger partial charge in [0.15, 0.2) is 0 Å². The fraction of sp³-hybridized carbons (Fsp3) is 0.333. The molecule has 0 spiro atoms. The highest BCUT2D eigenvalue weighted by atomic mass is 35.5. The summed E-state index contributed by atoms with van der Waals surface area (Å²) >= 11 is 6.06. The predicted molar refractivity (Wildman–Crippen MR) is 66.0 cm³/mol. The Labute approximate surface area is 105 Å². The Morgan fingerprint density at radius 2 is 2.12 bits per heavy atom. The van der Waals surface area contributed by atoms with Crippen LogP contribution in [0.4, 0.5) is 5.69 Å². The van der Waals surface area contributed by atoms with Gasteiger partial charge in [-0.2, -0.15) is 0 Å². The number of carbonyl (C=O) groups excluding carboxylic acids is 2. The summed E-state index contributed by atoms with van der Waals surface area (Å²) in [5, 5.41) is 3.60. The first kappa shape index (κ1) is 11.9. The number of aryl methyl sites for hydroxylation is 1. The highest BCUT2D eigenvalue weighted by Gasteiger charge is 2.36. The van der Waals surface area contributed by atoms with Crippen molar-refractivity contribution in [1.82, 2.24) is 4.90 Å². The summed E-state index contributed by atoms with van der Waals surface area (Å²) < 4.78 is 0. The van der Waals surface area contributed by atoms with Crippen LogP contribution >= 0.6 is 11.6 Å². The molecule has 1 fully saturated rings. The molecule has 90 valence electrons. The lowest BCUT2D eigenvalue weighted by atomic mass is 10.1. The molecular formula is C12H13ClN2O2. The van der Waals surface area contributed by atoms with E-state index in [1.54, 1.807) is 6.07 Å². The number of hydrogen-bond donors (Lipinski definition) is 1. The number of halogens is 1. The van der Waals surface area contributed by atoms with Gasteiger partial charge < -0.3 is 5.32 Å². The summed E-state index contributed by atoms with van der Waals surface area (Å²) in [6.07, 6.45) is 0.181. The number of para-hydroxylation sites is 1. The first-order valence-electron chi connectivity index (χ1n) is 5.32. The van der Waals surface area contributed by atoms with E-state index in [4.69, 9.17) is 11.6 Å². The normalized spacial score (nSPS) is 19.9. The molecule has 5 heteroatoms. The van der Waals surface area contributed by atoms with Gasteiger partial charge in [0.1, 0.15) is 6.04 Å². The third-order valence-corrected chi connectivity index (χ3v) is 3.24. The number of likely N-dealkylation sites (N-methyl/N-ethyl adjacent to an activating group) is 1. The van der Waals surface area contributed by atoms with E-state index in [0.717, 1.165) is 16.2 Å².